The molecule has 0 aliphatic carbocycles. The monoisotopic (exact) mass is 343 g/mol. The molecule has 0 radical (unpaired) electrons. The van der Waals surface area contributed by atoms with Crippen molar-refractivity contribution in [3.05, 3.63) is 33.3 Å². The maximum Gasteiger partial charge on any atom is 0.416 e. The van der Waals surface area contributed by atoms with Crippen LogP contribution >= 0.6 is 22.6 Å². The third kappa shape index (κ3) is 1.79. The van der Waals surface area contributed by atoms with Crippen molar-refractivity contribution in [1.29, 1.82) is 0 Å². The van der Waals surface area contributed by atoms with Gasteiger partial charge in [-0.05, 0) is 34.7 Å². The molecular weight excluding hydrogens is 337 g/mol. The number of nitrogens with zero attached hydrogens (tertiary/aromatic N) is 1. The summed E-state index contributed by atoms with van der Waals surface area (Å²) in [4.78, 5) is 0. The lowest BCUT2D eigenvalue weighted by molar-refractivity contribution is -0.137. The summed E-state index contributed by atoms with van der Waals surface area (Å²) in [7, 11) is 1.60. The highest BCUT2D eigenvalue weighted by Crippen LogP contribution is 2.34. The van der Waals surface area contributed by atoms with E-state index in [4.69, 9.17) is 0 Å². The lowest BCUT2D eigenvalue weighted by Gasteiger charge is -2.07. The van der Waals surface area contributed by atoms with Gasteiger partial charge in [0.25, 0.3) is 0 Å². The second kappa shape index (κ2) is 3.61. The van der Waals surface area contributed by atoms with E-state index in [1.165, 1.54) is 4.57 Å². The fourth-order valence-electron chi connectivity index (χ4n) is 1.61. The summed E-state index contributed by atoms with van der Waals surface area (Å²) in [6, 6.07) is 1.50. The zero-order valence-corrected chi connectivity index (χ0v) is 10.2. The topological polar surface area (TPSA) is 4.93 Å². The summed E-state index contributed by atoms with van der Waals surface area (Å²) in [5, 5.41) is 0.287. The van der Waals surface area contributed by atoms with E-state index in [0.29, 0.717) is 9.64 Å². The standard InChI is InChI=1S/C10H6F4IN/c1-16-4-8(15)6-2-5(10(12,13)14)3-7(11)9(6)16/h2-4H,1H3. The average molecular weight is 343 g/mol. The molecule has 1 aromatic heterocycles. The molecule has 0 amide bonds. The first-order chi connectivity index (χ1) is 7.30. The first-order valence-electron chi connectivity index (χ1n) is 4.32. The van der Waals surface area contributed by atoms with Gasteiger partial charge < -0.3 is 4.57 Å². The van der Waals surface area contributed by atoms with Gasteiger partial charge in [-0.3, -0.25) is 0 Å². The Morgan fingerprint density at radius 1 is 1.25 bits per heavy atom. The quantitative estimate of drug-likeness (QED) is 0.504. The van der Waals surface area contributed by atoms with Crippen molar-refractivity contribution in [2.45, 2.75) is 6.18 Å². The van der Waals surface area contributed by atoms with Crippen LogP contribution in [0.1, 0.15) is 5.56 Å². The van der Waals surface area contributed by atoms with Gasteiger partial charge in [0.1, 0.15) is 5.82 Å². The largest absolute Gasteiger partial charge is 0.416 e. The molecule has 1 nitrogen and oxygen atoms in total. The number of aryl methyl sites for hydroxylation is 1. The van der Waals surface area contributed by atoms with Gasteiger partial charge in [-0.1, -0.05) is 0 Å². The third-order valence-corrected chi connectivity index (χ3v) is 3.17. The van der Waals surface area contributed by atoms with Crippen LogP contribution in [-0.2, 0) is 13.2 Å². The minimum absolute atomic E-state index is 0.192. The maximum atomic E-state index is 13.5. The minimum atomic E-state index is -4.52. The summed E-state index contributed by atoms with van der Waals surface area (Å²) in [5.41, 5.74) is -0.765. The predicted octanol–water partition coefficient (Wildman–Crippen LogP) is 3.94. The summed E-state index contributed by atoms with van der Waals surface area (Å²) in [6.45, 7) is 0. The first kappa shape index (κ1) is 11.7. The van der Waals surface area contributed by atoms with Crippen LogP contribution in [0.15, 0.2) is 18.3 Å². The van der Waals surface area contributed by atoms with Crippen LogP contribution in [0.2, 0.25) is 0 Å². The highest BCUT2D eigenvalue weighted by atomic mass is 127. The van der Waals surface area contributed by atoms with Crippen LogP contribution in [-0.4, -0.2) is 4.57 Å². The molecule has 1 aromatic carbocycles. The van der Waals surface area contributed by atoms with E-state index in [1.54, 1.807) is 13.2 Å². The van der Waals surface area contributed by atoms with Crippen LogP contribution < -0.4 is 0 Å². The molecule has 0 saturated heterocycles. The Labute approximate surface area is 102 Å². The van der Waals surface area contributed by atoms with E-state index in [-0.39, 0.29) is 10.9 Å². The molecule has 0 aliphatic rings. The van der Waals surface area contributed by atoms with Gasteiger partial charge in [0.15, 0.2) is 0 Å². The molecule has 16 heavy (non-hydrogen) atoms. The summed E-state index contributed by atoms with van der Waals surface area (Å²) >= 11 is 1.89. The molecular formula is C10H6F4IN. The van der Waals surface area contributed by atoms with Crippen molar-refractivity contribution in [2.75, 3.05) is 0 Å². The van der Waals surface area contributed by atoms with Crippen LogP contribution in [0.4, 0.5) is 17.6 Å². The van der Waals surface area contributed by atoms with Crippen molar-refractivity contribution < 1.29 is 17.6 Å². The van der Waals surface area contributed by atoms with Crippen molar-refractivity contribution in [3.63, 3.8) is 0 Å². The van der Waals surface area contributed by atoms with Gasteiger partial charge in [-0.15, -0.1) is 0 Å². The molecule has 0 saturated carbocycles. The van der Waals surface area contributed by atoms with Crippen LogP contribution in [0.5, 0.6) is 0 Å². The maximum absolute atomic E-state index is 13.5. The Kier molecular flexibility index (Phi) is 2.64. The van der Waals surface area contributed by atoms with E-state index in [2.05, 4.69) is 0 Å². The molecule has 6 heteroatoms. The second-order valence-corrected chi connectivity index (χ2v) is 4.60. The smallest absolute Gasteiger partial charge is 0.347 e. The molecule has 0 N–H and O–H groups in total. The van der Waals surface area contributed by atoms with E-state index >= 15 is 0 Å². The van der Waals surface area contributed by atoms with E-state index < -0.39 is 17.6 Å². The van der Waals surface area contributed by atoms with Crippen molar-refractivity contribution in [3.8, 4) is 0 Å². The highest BCUT2D eigenvalue weighted by molar-refractivity contribution is 14.1. The number of fused-ring (bicyclic) bond motifs is 1. The molecule has 0 atom stereocenters. The average Bonchev–Trinajstić information content (AvgIpc) is 2.41. The number of alkyl halides is 3. The minimum Gasteiger partial charge on any atom is -0.347 e. The molecule has 0 spiro atoms. The molecule has 1 heterocycles. The van der Waals surface area contributed by atoms with Crippen molar-refractivity contribution in [1.82, 2.24) is 4.57 Å². The van der Waals surface area contributed by atoms with Crippen molar-refractivity contribution >= 4 is 33.5 Å². The van der Waals surface area contributed by atoms with Gasteiger partial charge in [0, 0.05) is 22.2 Å². The number of rotatable bonds is 0. The van der Waals surface area contributed by atoms with E-state index in [9.17, 15) is 17.6 Å². The Bertz CT molecular complexity index is 556. The van der Waals surface area contributed by atoms with Crippen LogP contribution in [0.3, 0.4) is 0 Å². The Hall–Kier alpha value is -0.790. The van der Waals surface area contributed by atoms with Crippen LogP contribution in [0.25, 0.3) is 10.9 Å². The van der Waals surface area contributed by atoms with Gasteiger partial charge in [0.05, 0.1) is 11.1 Å². The van der Waals surface area contributed by atoms with Gasteiger partial charge in [0.2, 0.25) is 0 Å². The molecule has 0 fully saturated rings. The molecule has 0 bridgehead atoms. The number of halogens is 5. The van der Waals surface area contributed by atoms with Gasteiger partial charge in [-0.25, -0.2) is 4.39 Å². The number of aromatic nitrogens is 1. The summed E-state index contributed by atoms with van der Waals surface area (Å²) < 4.78 is 53.0. The SMILES string of the molecule is Cn1cc(I)c2cc(C(F)(F)F)cc(F)c21. The molecule has 2 rings (SSSR count). The fraction of sp³-hybridized carbons (Fsp3) is 0.200. The number of hydrogen-bond acceptors (Lipinski definition) is 0. The molecule has 0 unspecified atom stereocenters. The highest BCUT2D eigenvalue weighted by Gasteiger charge is 2.32. The van der Waals surface area contributed by atoms with E-state index in [0.717, 1.165) is 6.07 Å². The third-order valence-electron chi connectivity index (χ3n) is 2.31. The van der Waals surface area contributed by atoms with Crippen LogP contribution in [0, 0.1) is 9.39 Å². The van der Waals surface area contributed by atoms with Gasteiger partial charge >= 0.3 is 6.18 Å². The lowest BCUT2D eigenvalue weighted by Crippen LogP contribution is -2.05. The number of benzene rings is 1. The Balaban J connectivity index is 2.82. The lowest BCUT2D eigenvalue weighted by atomic mass is 10.1. The molecule has 2 aromatic rings. The molecule has 0 aliphatic heterocycles. The zero-order chi connectivity index (χ0) is 12.1. The molecule has 86 valence electrons. The summed E-state index contributed by atoms with van der Waals surface area (Å²) in [6.07, 6.45) is -2.93. The second-order valence-electron chi connectivity index (χ2n) is 3.44. The fourth-order valence-corrected chi connectivity index (χ4v) is 2.44. The number of hydrogen-bond donors (Lipinski definition) is 0. The normalized spacial score (nSPS) is 12.4. The van der Waals surface area contributed by atoms with Crippen molar-refractivity contribution in [2.24, 2.45) is 7.05 Å². The predicted molar refractivity (Wildman–Crippen MR) is 60.6 cm³/mol. The zero-order valence-electron chi connectivity index (χ0n) is 8.07. The van der Waals surface area contributed by atoms with Gasteiger partial charge in [-0.2, -0.15) is 13.2 Å². The summed E-state index contributed by atoms with van der Waals surface area (Å²) in [5.74, 6) is -0.852. The Morgan fingerprint density at radius 2 is 1.88 bits per heavy atom. The first-order valence-corrected chi connectivity index (χ1v) is 5.40. The van der Waals surface area contributed by atoms with E-state index in [1.807, 2.05) is 22.6 Å². The Morgan fingerprint density at radius 3 is 2.44 bits per heavy atom.